The molecule has 0 bridgehead atoms. The number of rotatable bonds is 0. The van der Waals surface area contributed by atoms with E-state index in [1.807, 2.05) is 0 Å². The van der Waals surface area contributed by atoms with Gasteiger partial charge in [-0.3, -0.25) is 0 Å². The molecule has 0 unspecified atom stereocenters. The van der Waals surface area contributed by atoms with Crippen LogP contribution < -0.4 is 20.6 Å². The maximum absolute atomic E-state index is 3.43. The fourth-order valence-corrected chi connectivity index (χ4v) is 4.28. The van der Waals surface area contributed by atoms with Crippen LogP contribution in [0.4, 0.5) is 0 Å². The molecule has 0 saturated heterocycles. The van der Waals surface area contributed by atoms with E-state index >= 15 is 0 Å². The maximum Gasteiger partial charge on any atom is 0.333 e. The molecular formula is C5Br7N. The number of hydrogen-bond acceptors (Lipinski definition) is 0. The Kier molecular flexibility index (Phi) is 7.51. The van der Waals surface area contributed by atoms with Crippen molar-refractivity contribution in [2.24, 2.45) is 0 Å². The summed E-state index contributed by atoms with van der Waals surface area (Å²) in [4.78, 5) is 0. The molecule has 13 heavy (non-hydrogen) atoms. The highest BCUT2D eigenvalue weighted by atomic mass is 79.9. The molecule has 0 aliphatic rings. The van der Waals surface area contributed by atoms with Gasteiger partial charge < -0.3 is 17.0 Å². The summed E-state index contributed by atoms with van der Waals surface area (Å²) in [5.41, 5.74) is 0. The van der Waals surface area contributed by atoms with Crippen LogP contribution in [0.2, 0.25) is 0 Å². The van der Waals surface area contributed by atoms with Gasteiger partial charge >= 0.3 is 16.1 Å². The zero-order chi connectivity index (χ0) is 9.46. The average molecular weight is 633 g/mol. The summed E-state index contributed by atoms with van der Waals surface area (Å²) in [6.45, 7) is 0. The predicted octanol–water partition coefficient (Wildman–Crippen LogP) is 1.95. The predicted molar refractivity (Wildman–Crippen MR) is 69.5 cm³/mol. The molecule has 0 saturated carbocycles. The summed E-state index contributed by atoms with van der Waals surface area (Å²) in [6.07, 6.45) is 0. The molecule has 0 aliphatic heterocycles. The molecule has 0 radical (unpaired) electrons. The van der Waals surface area contributed by atoms with Gasteiger partial charge in [0, 0.05) is 31.9 Å². The van der Waals surface area contributed by atoms with E-state index in [-0.39, 0.29) is 17.0 Å². The van der Waals surface area contributed by atoms with Gasteiger partial charge in [-0.05, 0) is 47.8 Å². The fraction of sp³-hybridized carbons (Fsp3) is 0. The zero-order valence-corrected chi connectivity index (χ0v) is 16.7. The summed E-state index contributed by atoms with van der Waals surface area (Å²) in [6, 6.07) is 0. The lowest BCUT2D eigenvalue weighted by Crippen LogP contribution is -3.00. The first-order valence-corrected chi connectivity index (χ1v) is 7.24. The monoisotopic (exact) mass is 626 g/mol. The third-order valence-electron chi connectivity index (χ3n) is 1.09. The van der Waals surface area contributed by atoms with Crippen molar-refractivity contribution >= 4 is 95.8 Å². The fourth-order valence-electron chi connectivity index (χ4n) is 0.536. The Morgan fingerprint density at radius 3 is 1.31 bits per heavy atom. The number of hydrogen-bond donors (Lipinski definition) is 0. The first-order chi connectivity index (χ1) is 5.46. The lowest BCUT2D eigenvalue weighted by Gasteiger charge is -2.00. The smallest absolute Gasteiger partial charge is 0.333 e. The van der Waals surface area contributed by atoms with Crippen LogP contribution in [-0.4, -0.2) is 0 Å². The summed E-state index contributed by atoms with van der Waals surface area (Å²) in [5.74, 6) is 0. The molecule has 1 aromatic heterocycles. The zero-order valence-electron chi connectivity index (χ0n) is 5.59. The lowest BCUT2D eigenvalue weighted by molar-refractivity contribution is -0.502. The van der Waals surface area contributed by atoms with Crippen LogP contribution in [-0.2, 0) is 0 Å². The molecule has 1 aromatic rings. The Bertz CT molecular complexity index is 231. The average Bonchev–Trinajstić information content (AvgIpc) is 2.08. The van der Waals surface area contributed by atoms with Crippen LogP contribution in [0, 0.1) is 0 Å². The minimum absolute atomic E-state index is 0. The van der Waals surface area contributed by atoms with Crippen LogP contribution in [0.5, 0.6) is 0 Å². The third kappa shape index (κ3) is 3.23. The molecule has 0 aromatic carbocycles. The second-order valence-electron chi connectivity index (χ2n) is 1.80. The number of pyridine rings is 1. The van der Waals surface area contributed by atoms with Gasteiger partial charge in [0.1, 0.15) is 8.95 Å². The van der Waals surface area contributed by atoms with Gasteiger partial charge in [0.05, 0.1) is 4.47 Å². The topological polar surface area (TPSA) is 3.88 Å². The molecular weight excluding hydrogens is 633 g/mol. The van der Waals surface area contributed by atoms with Crippen molar-refractivity contribution in [3.8, 4) is 0 Å². The molecule has 1 heterocycles. The molecule has 1 rings (SSSR count). The Morgan fingerprint density at radius 2 is 1.00 bits per heavy atom. The van der Waals surface area contributed by atoms with Crippen LogP contribution in [0.25, 0.3) is 0 Å². The minimum Gasteiger partial charge on any atom is -1.00 e. The second kappa shape index (κ2) is 6.30. The van der Waals surface area contributed by atoms with Gasteiger partial charge in [0.25, 0.3) is 9.21 Å². The van der Waals surface area contributed by atoms with Crippen LogP contribution in [0.1, 0.15) is 0 Å². The molecule has 1 nitrogen and oxygen atoms in total. The summed E-state index contributed by atoms with van der Waals surface area (Å²) >= 11 is 20.4. The first kappa shape index (κ1) is 15.5. The number of nitrogens with zero attached hydrogens (tertiary/aromatic N) is 1. The summed E-state index contributed by atoms with van der Waals surface area (Å²) in [5, 5.41) is 0. The van der Waals surface area contributed by atoms with E-state index in [9.17, 15) is 0 Å². The van der Waals surface area contributed by atoms with Crippen LogP contribution in [0.15, 0.2) is 22.6 Å². The highest BCUT2D eigenvalue weighted by Crippen LogP contribution is 2.38. The van der Waals surface area contributed by atoms with Gasteiger partial charge in [0.15, 0.2) is 0 Å². The normalized spacial score (nSPS) is 9.69. The molecule has 0 N–H and O–H groups in total. The number of halogens is 7. The lowest BCUT2D eigenvalue weighted by atomic mass is 10.5. The third-order valence-corrected chi connectivity index (χ3v) is 8.72. The van der Waals surface area contributed by atoms with E-state index in [4.69, 9.17) is 0 Å². The Morgan fingerprint density at radius 1 is 0.692 bits per heavy atom. The minimum atomic E-state index is 0. The van der Waals surface area contributed by atoms with Crippen LogP contribution >= 0.6 is 95.8 Å². The van der Waals surface area contributed by atoms with Crippen molar-refractivity contribution < 1.29 is 20.6 Å². The van der Waals surface area contributed by atoms with Crippen molar-refractivity contribution in [1.29, 1.82) is 0 Å². The SMILES string of the molecule is Brc1c(Br)c(Br)[n+](Br)c(Br)c1Br.[Br-]. The van der Waals surface area contributed by atoms with Gasteiger partial charge in [-0.25, -0.2) is 0 Å². The Labute approximate surface area is 137 Å². The molecule has 8 heteroatoms. The maximum atomic E-state index is 3.43. The van der Waals surface area contributed by atoms with E-state index in [2.05, 4.69) is 95.8 Å². The van der Waals surface area contributed by atoms with Crippen molar-refractivity contribution in [2.75, 3.05) is 0 Å². The molecule has 0 aliphatic carbocycles. The Balaban J connectivity index is 0.00000144. The second-order valence-corrected chi connectivity index (χ2v) is 6.39. The highest BCUT2D eigenvalue weighted by molar-refractivity contribution is 9.16. The van der Waals surface area contributed by atoms with Crippen LogP contribution in [0.3, 0.4) is 0 Å². The van der Waals surface area contributed by atoms with E-state index in [1.54, 1.807) is 3.59 Å². The summed E-state index contributed by atoms with van der Waals surface area (Å²) in [7, 11) is 0. The van der Waals surface area contributed by atoms with Gasteiger partial charge in [-0.1, -0.05) is 0 Å². The van der Waals surface area contributed by atoms with E-state index in [0.29, 0.717) is 0 Å². The van der Waals surface area contributed by atoms with Gasteiger partial charge in [-0.2, -0.15) is 0 Å². The summed E-state index contributed by atoms with van der Waals surface area (Å²) < 4.78 is 6.40. The highest BCUT2D eigenvalue weighted by Gasteiger charge is 2.23. The standard InChI is InChI=1S/C5Br6N.BrH/c6-1-2(7)4(9)12(11)5(10)3(1)8;/h;1H/q+1;/p-1. The van der Waals surface area contributed by atoms with Gasteiger partial charge in [0.2, 0.25) is 0 Å². The van der Waals surface area contributed by atoms with Gasteiger partial charge in [-0.15, -0.1) is 3.59 Å². The number of aromatic nitrogens is 1. The van der Waals surface area contributed by atoms with E-state index in [0.717, 1.165) is 22.6 Å². The molecule has 0 fully saturated rings. The van der Waals surface area contributed by atoms with E-state index < -0.39 is 0 Å². The molecule has 0 amide bonds. The quantitative estimate of drug-likeness (QED) is 0.385. The van der Waals surface area contributed by atoms with Crippen molar-refractivity contribution in [1.82, 2.24) is 0 Å². The van der Waals surface area contributed by atoms with Crippen molar-refractivity contribution in [2.45, 2.75) is 0 Å². The van der Waals surface area contributed by atoms with Crippen molar-refractivity contribution in [3.63, 3.8) is 0 Å². The molecule has 0 atom stereocenters. The first-order valence-electron chi connectivity index (χ1n) is 2.56. The Hall–Kier alpha value is 2.51. The van der Waals surface area contributed by atoms with Crippen molar-refractivity contribution in [3.05, 3.63) is 22.6 Å². The molecule has 0 spiro atoms. The largest absolute Gasteiger partial charge is 1.00 e. The van der Waals surface area contributed by atoms with E-state index in [1.165, 1.54) is 0 Å². The molecule has 74 valence electrons.